The zero-order chi connectivity index (χ0) is 21.9. The zero-order valence-electron chi connectivity index (χ0n) is 14.9. The van der Waals surface area contributed by atoms with Crippen LogP contribution in [-0.2, 0) is 17.4 Å². The van der Waals surface area contributed by atoms with Gasteiger partial charge in [-0.25, -0.2) is 4.98 Å². The van der Waals surface area contributed by atoms with Crippen molar-refractivity contribution in [3.63, 3.8) is 0 Å². The zero-order valence-corrected chi connectivity index (χ0v) is 18.0. The number of hydrogen-bond donors (Lipinski definition) is 1. The number of nitrogens with one attached hydrogen (secondary N) is 1. The molecule has 2 aromatic carbocycles. The van der Waals surface area contributed by atoms with Gasteiger partial charge in [-0.2, -0.15) is 13.2 Å². The smallest absolute Gasteiger partial charge is 0.298 e. The minimum absolute atomic E-state index is 0.0806. The highest BCUT2D eigenvalue weighted by atomic mass is 35.5. The SMILES string of the molecule is O=C(/C=C/c1cc(C(F)(F)F)ccc1Cl)Nc1ncc(Cc2cccc(Cl)c2Cl)s1. The number of benzene rings is 2. The van der Waals surface area contributed by atoms with Gasteiger partial charge < -0.3 is 0 Å². The molecule has 0 fully saturated rings. The van der Waals surface area contributed by atoms with E-state index in [1.807, 2.05) is 6.07 Å². The van der Waals surface area contributed by atoms with Gasteiger partial charge >= 0.3 is 6.18 Å². The lowest BCUT2D eigenvalue weighted by atomic mass is 10.1. The fraction of sp³-hybridized carbons (Fsp3) is 0.100. The second-order valence-electron chi connectivity index (χ2n) is 6.08. The average molecular weight is 492 g/mol. The summed E-state index contributed by atoms with van der Waals surface area (Å²) in [5.74, 6) is -0.551. The molecule has 0 spiro atoms. The maximum Gasteiger partial charge on any atom is 0.416 e. The van der Waals surface area contributed by atoms with Gasteiger partial charge in [0.25, 0.3) is 0 Å². The van der Waals surface area contributed by atoms with E-state index in [-0.39, 0.29) is 10.6 Å². The number of anilines is 1. The van der Waals surface area contributed by atoms with Crippen LogP contribution < -0.4 is 5.32 Å². The molecular formula is C20H12Cl3F3N2OS. The molecule has 3 nitrogen and oxygen atoms in total. The van der Waals surface area contributed by atoms with Crippen LogP contribution in [0.5, 0.6) is 0 Å². The number of carbonyl (C=O) groups is 1. The number of carbonyl (C=O) groups excluding carboxylic acids is 1. The van der Waals surface area contributed by atoms with Crippen LogP contribution >= 0.6 is 46.1 Å². The number of halogens is 6. The standard InChI is InChI=1S/C20H12Cl3F3N2OS/c21-15-6-5-13(20(24,25)26)8-11(15)4-7-17(29)28-19-27-10-14(30-19)9-12-2-1-3-16(22)18(12)23/h1-8,10H,9H2,(H,27,28,29)/b7-4+. The van der Waals surface area contributed by atoms with E-state index in [2.05, 4.69) is 10.3 Å². The number of hydrogen-bond acceptors (Lipinski definition) is 3. The van der Waals surface area contributed by atoms with Crippen LogP contribution in [0.2, 0.25) is 15.1 Å². The summed E-state index contributed by atoms with van der Waals surface area (Å²) in [6, 6.07) is 8.21. The molecule has 1 heterocycles. The van der Waals surface area contributed by atoms with E-state index in [0.29, 0.717) is 21.6 Å². The third kappa shape index (κ3) is 5.76. The highest BCUT2D eigenvalue weighted by Crippen LogP contribution is 2.32. The van der Waals surface area contributed by atoms with Gasteiger partial charge in [-0.05, 0) is 41.5 Å². The van der Waals surface area contributed by atoms with Crippen molar-refractivity contribution in [1.29, 1.82) is 0 Å². The molecule has 0 aliphatic carbocycles. The van der Waals surface area contributed by atoms with Crippen molar-refractivity contribution in [3.05, 3.63) is 85.3 Å². The van der Waals surface area contributed by atoms with E-state index in [0.717, 1.165) is 34.7 Å². The first-order chi connectivity index (χ1) is 14.1. The Hall–Kier alpha value is -2.06. The van der Waals surface area contributed by atoms with E-state index in [1.54, 1.807) is 18.3 Å². The largest absolute Gasteiger partial charge is 0.416 e. The molecule has 156 valence electrons. The monoisotopic (exact) mass is 490 g/mol. The summed E-state index contributed by atoms with van der Waals surface area (Å²) >= 11 is 19.3. The van der Waals surface area contributed by atoms with Crippen LogP contribution in [0.25, 0.3) is 6.08 Å². The second-order valence-corrected chi connectivity index (χ2v) is 8.39. The van der Waals surface area contributed by atoms with Gasteiger partial charge in [-0.15, -0.1) is 11.3 Å². The molecule has 0 aliphatic rings. The van der Waals surface area contributed by atoms with E-state index >= 15 is 0 Å². The van der Waals surface area contributed by atoms with E-state index in [1.165, 1.54) is 17.4 Å². The van der Waals surface area contributed by atoms with Crippen LogP contribution in [0.3, 0.4) is 0 Å². The predicted molar refractivity (Wildman–Crippen MR) is 115 cm³/mol. The van der Waals surface area contributed by atoms with Gasteiger partial charge in [0.15, 0.2) is 5.13 Å². The van der Waals surface area contributed by atoms with Crippen LogP contribution in [0, 0.1) is 0 Å². The summed E-state index contributed by atoms with van der Waals surface area (Å²) in [7, 11) is 0. The lowest BCUT2D eigenvalue weighted by molar-refractivity contribution is -0.137. The lowest BCUT2D eigenvalue weighted by Crippen LogP contribution is -2.07. The van der Waals surface area contributed by atoms with Crippen LogP contribution in [0.15, 0.2) is 48.7 Å². The quantitative estimate of drug-likeness (QED) is 0.379. The summed E-state index contributed by atoms with van der Waals surface area (Å²) in [6.07, 6.45) is -0.102. The predicted octanol–water partition coefficient (Wildman–Crippen LogP) is 7.36. The minimum Gasteiger partial charge on any atom is -0.298 e. The molecule has 0 saturated heterocycles. The van der Waals surface area contributed by atoms with Crippen LogP contribution in [0.4, 0.5) is 18.3 Å². The van der Waals surface area contributed by atoms with Crippen molar-refractivity contribution >= 4 is 63.3 Å². The summed E-state index contributed by atoms with van der Waals surface area (Å²) in [5.41, 5.74) is 0.0537. The number of thiazole rings is 1. The number of alkyl halides is 3. The van der Waals surface area contributed by atoms with Crippen LogP contribution in [-0.4, -0.2) is 10.9 Å². The third-order valence-electron chi connectivity index (χ3n) is 3.92. The number of rotatable bonds is 5. The number of nitrogens with zero attached hydrogens (tertiary/aromatic N) is 1. The molecular weight excluding hydrogens is 480 g/mol. The summed E-state index contributed by atoms with van der Waals surface area (Å²) in [4.78, 5) is 17.1. The lowest BCUT2D eigenvalue weighted by Gasteiger charge is -2.08. The topological polar surface area (TPSA) is 42.0 Å². The molecule has 1 N–H and O–H groups in total. The Morgan fingerprint density at radius 2 is 1.90 bits per heavy atom. The fourth-order valence-corrected chi connectivity index (χ4v) is 3.89. The van der Waals surface area contributed by atoms with Crippen molar-refractivity contribution in [2.45, 2.75) is 12.6 Å². The van der Waals surface area contributed by atoms with E-state index < -0.39 is 17.6 Å². The molecule has 3 rings (SSSR count). The van der Waals surface area contributed by atoms with Gasteiger partial charge in [-0.1, -0.05) is 46.9 Å². The van der Waals surface area contributed by atoms with Crippen molar-refractivity contribution in [1.82, 2.24) is 4.98 Å². The Morgan fingerprint density at radius 1 is 1.13 bits per heavy atom. The van der Waals surface area contributed by atoms with Gasteiger partial charge in [0.1, 0.15) is 0 Å². The maximum atomic E-state index is 12.8. The number of amides is 1. The maximum absolute atomic E-state index is 12.8. The first-order valence-corrected chi connectivity index (χ1v) is 10.3. The Bertz CT molecular complexity index is 1110. The molecule has 30 heavy (non-hydrogen) atoms. The summed E-state index contributed by atoms with van der Waals surface area (Å²) in [6.45, 7) is 0. The number of aromatic nitrogens is 1. The molecule has 10 heteroatoms. The van der Waals surface area contributed by atoms with Gasteiger partial charge in [0.2, 0.25) is 5.91 Å². The normalized spacial score (nSPS) is 11.8. The molecule has 0 saturated carbocycles. The van der Waals surface area contributed by atoms with Crippen molar-refractivity contribution in [2.75, 3.05) is 5.32 Å². The molecule has 0 unspecified atom stereocenters. The Kier molecular flexibility index (Phi) is 7.08. The molecule has 3 aromatic rings. The van der Waals surface area contributed by atoms with Gasteiger partial charge in [0, 0.05) is 28.6 Å². The van der Waals surface area contributed by atoms with E-state index in [9.17, 15) is 18.0 Å². The highest BCUT2D eigenvalue weighted by molar-refractivity contribution is 7.15. The fourth-order valence-electron chi connectivity index (χ4n) is 2.48. The molecule has 0 aliphatic heterocycles. The second kappa shape index (κ2) is 9.39. The minimum atomic E-state index is -4.50. The Balaban J connectivity index is 1.67. The summed E-state index contributed by atoms with van der Waals surface area (Å²) in [5, 5.41) is 3.91. The first kappa shape index (κ1) is 22.6. The molecule has 0 bridgehead atoms. The molecule has 0 atom stereocenters. The average Bonchev–Trinajstić information content (AvgIpc) is 3.10. The highest BCUT2D eigenvalue weighted by Gasteiger charge is 2.30. The third-order valence-corrected chi connectivity index (χ3v) is 6.03. The van der Waals surface area contributed by atoms with Crippen LogP contribution in [0.1, 0.15) is 21.6 Å². The van der Waals surface area contributed by atoms with Crippen molar-refractivity contribution < 1.29 is 18.0 Å². The van der Waals surface area contributed by atoms with Crippen molar-refractivity contribution in [2.24, 2.45) is 0 Å². The summed E-state index contributed by atoms with van der Waals surface area (Å²) < 4.78 is 38.5. The Morgan fingerprint density at radius 3 is 2.63 bits per heavy atom. The molecule has 0 radical (unpaired) electrons. The Labute approximate surface area is 189 Å². The van der Waals surface area contributed by atoms with Gasteiger partial charge in [0.05, 0.1) is 15.6 Å². The molecule has 1 aromatic heterocycles. The van der Waals surface area contributed by atoms with Gasteiger partial charge in [-0.3, -0.25) is 10.1 Å². The van der Waals surface area contributed by atoms with Crippen molar-refractivity contribution in [3.8, 4) is 0 Å². The first-order valence-electron chi connectivity index (χ1n) is 8.37. The van der Waals surface area contributed by atoms with E-state index in [4.69, 9.17) is 34.8 Å². The molecule has 1 amide bonds.